The fourth-order valence-electron chi connectivity index (χ4n) is 3.91. The second-order valence-electron chi connectivity index (χ2n) is 7.70. The molecule has 2 aromatic carbocycles. The van der Waals surface area contributed by atoms with Crippen molar-refractivity contribution in [2.75, 3.05) is 57.4 Å². The van der Waals surface area contributed by atoms with Crippen LogP contribution in [0.1, 0.15) is 15.9 Å². The quantitative estimate of drug-likeness (QED) is 0.701. The Labute approximate surface area is 182 Å². The second kappa shape index (κ2) is 9.33. The number of rotatable bonds is 5. The highest BCUT2D eigenvalue weighted by Crippen LogP contribution is 2.21. The molecule has 4 rings (SSSR count). The first-order valence-electron chi connectivity index (χ1n) is 10.4. The number of anilines is 1. The number of halogens is 1. The number of nitrogens with zero attached hydrogens (tertiary/aromatic N) is 3. The van der Waals surface area contributed by atoms with Crippen LogP contribution >= 0.6 is 0 Å². The second-order valence-corrected chi connectivity index (χ2v) is 9.66. The van der Waals surface area contributed by atoms with Crippen molar-refractivity contribution >= 4 is 21.6 Å². The Morgan fingerprint density at radius 3 is 2.19 bits per heavy atom. The molecule has 31 heavy (non-hydrogen) atoms. The summed E-state index contributed by atoms with van der Waals surface area (Å²) in [5, 5.41) is 0. The van der Waals surface area contributed by atoms with Gasteiger partial charge in [0.15, 0.2) is 0 Å². The molecule has 0 aromatic heterocycles. The number of carbonyl (C=O) groups is 1. The number of hydrogen-bond acceptors (Lipinski definition) is 5. The average Bonchev–Trinajstić information content (AvgIpc) is 2.80. The van der Waals surface area contributed by atoms with Crippen LogP contribution in [0.4, 0.5) is 10.1 Å². The van der Waals surface area contributed by atoms with Gasteiger partial charge in [-0.2, -0.15) is 4.31 Å². The molecular formula is C22H26FN3O4S. The molecule has 0 N–H and O–H groups in total. The molecule has 2 aromatic rings. The minimum atomic E-state index is -3.40. The molecule has 2 aliphatic heterocycles. The van der Waals surface area contributed by atoms with E-state index in [0.29, 0.717) is 69.3 Å². The third-order valence-corrected chi connectivity index (χ3v) is 7.52. The lowest BCUT2D eigenvalue weighted by Crippen LogP contribution is -2.49. The van der Waals surface area contributed by atoms with Crippen molar-refractivity contribution in [2.45, 2.75) is 5.75 Å². The van der Waals surface area contributed by atoms with E-state index in [1.807, 2.05) is 4.90 Å². The van der Waals surface area contributed by atoms with Crippen LogP contribution < -0.4 is 4.90 Å². The largest absolute Gasteiger partial charge is 0.379 e. The first-order valence-corrected chi connectivity index (χ1v) is 12.0. The Hall–Kier alpha value is -2.49. The number of amides is 1. The van der Waals surface area contributed by atoms with Gasteiger partial charge in [-0.15, -0.1) is 0 Å². The number of piperazine rings is 1. The smallest absolute Gasteiger partial charge is 0.253 e. The topological polar surface area (TPSA) is 70.2 Å². The average molecular weight is 448 g/mol. The number of sulfonamides is 1. The molecule has 166 valence electrons. The number of para-hydroxylation sites is 1. The summed E-state index contributed by atoms with van der Waals surface area (Å²) in [6.45, 7) is 3.69. The molecule has 0 aliphatic carbocycles. The number of ether oxygens (including phenoxy) is 1. The fourth-order valence-corrected chi connectivity index (χ4v) is 5.41. The number of carbonyl (C=O) groups excluding carboxylic acids is 1. The van der Waals surface area contributed by atoms with Gasteiger partial charge in [0.2, 0.25) is 10.0 Å². The van der Waals surface area contributed by atoms with Crippen LogP contribution in [-0.2, 0) is 20.5 Å². The van der Waals surface area contributed by atoms with Crippen LogP contribution in [0.3, 0.4) is 0 Å². The van der Waals surface area contributed by atoms with Crippen molar-refractivity contribution in [3.05, 3.63) is 65.5 Å². The number of benzene rings is 2. The zero-order chi connectivity index (χ0) is 21.8. The zero-order valence-corrected chi connectivity index (χ0v) is 18.1. The molecule has 0 radical (unpaired) electrons. The standard InChI is InChI=1S/C22H26FN3O4S/c23-20-3-1-2-4-21(20)24-9-11-25(12-10-24)22(27)19-7-5-18(6-8-19)17-31(28,29)26-13-15-30-16-14-26/h1-8H,9-17H2. The Morgan fingerprint density at radius 2 is 1.55 bits per heavy atom. The van der Waals surface area contributed by atoms with Crippen molar-refractivity contribution in [3.8, 4) is 0 Å². The SMILES string of the molecule is O=C(c1ccc(CS(=O)(=O)N2CCOCC2)cc1)N1CCN(c2ccccc2F)CC1. The van der Waals surface area contributed by atoms with Crippen LogP contribution in [0.15, 0.2) is 48.5 Å². The molecule has 2 fully saturated rings. The van der Waals surface area contributed by atoms with Gasteiger partial charge < -0.3 is 14.5 Å². The monoisotopic (exact) mass is 447 g/mol. The summed E-state index contributed by atoms with van der Waals surface area (Å²) < 4.78 is 45.8. The molecule has 2 aliphatic rings. The third kappa shape index (κ3) is 5.06. The van der Waals surface area contributed by atoms with E-state index in [1.54, 1.807) is 47.4 Å². The van der Waals surface area contributed by atoms with Crippen molar-refractivity contribution in [1.82, 2.24) is 9.21 Å². The summed E-state index contributed by atoms with van der Waals surface area (Å²) >= 11 is 0. The predicted octanol–water partition coefficient (Wildman–Crippen LogP) is 1.95. The highest BCUT2D eigenvalue weighted by atomic mass is 32.2. The number of hydrogen-bond donors (Lipinski definition) is 0. The van der Waals surface area contributed by atoms with E-state index in [4.69, 9.17) is 4.74 Å². The van der Waals surface area contributed by atoms with Crippen molar-refractivity contribution in [2.24, 2.45) is 0 Å². The number of morpholine rings is 1. The Kier molecular flexibility index (Phi) is 6.54. The summed E-state index contributed by atoms with van der Waals surface area (Å²) in [6, 6.07) is 13.4. The Balaban J connectivity index is 1.35. The molecule has 0 atom stereocenters. The first-order chi connectivity index (χ1) is 14.9. The summed E-state index contributed by atoms with van der Waals surface area (Å²) in [6.07, 6.45) is 0. The van der Waals surface area contributed by atoms with E-state index >= 15 is 0 Å². The van der Waals surface area contributed by atoms with E-state index in [2.05, 4.69) is 0 Å². The van der Waals surface area contributed by atoms with Crippen LogP contribution in [-0.4, -0.2) is 76.0 Å². The molecule has 7 nitrogen and oxygen atoms in total. The van der Waals surface area contributed by atoms with Gasteiger partial charge >= 0.3 is 0 Å². The van der Waals surface area contributed by atoms with Crippen LogP contribution in [0.2, 0.25) is 0 Å². The van der Waals surface area contributed by atoms with Crippen molar-refractivity contribution in [1.29, 1.82) is 0 Å². The van der Waals surface area contributed by atoms with Gasteiger partial charge in [0.05, 0.1) is 24.7 Å². The summed E-state index contributed by atoms with van der Waals surface area (Å²) in [4.78, 5) is 16.5. The zero-order valence-electron chi connectivity index (χ0n) is 17.2. The molecule has 9 heteroatoms. The van der Waals surface area contributed by atoms with Gasteiger partial charge in [-0.1, -0.05) is 24.3 Å². The Bertz CT molecular complexity index is 1020. The molecule has 1 amide bonds. The maximum Gasteiger partial charge on any atom is 0.253 e. The van der Waals surface area contributed by atoms with Gasteiger partial charge in [0.1, 0.15) is 5.82 Å². The first kappa shape index (κ1) is 21.7. The lowest BCUT2D eigenvalue weighted by Gasteiger charge is -2.36. The predicted molar refractivity (Wildman–Crippen MR) is 116 cm³/mol. The third-order valence-electron chi connectivity index (χ3n) is 5.67. The van der Waals surface area contributed by atoms with E-state index in [-0.39, 0.29) is 17.5 Å². The molecule has 0 spiro atoms. The Morgan fingerprint density at radius 1 is 0.903 bits per heavy atom. The lowest BCUT2D eigenvalue weighted by molar-refractivity contribution is 0.0729. The summed E-state index contributed by atoms with van der Waals surface area (Å²) in [5.74, 6) is -0.455. The van der Waals surface area contributed by atoms with Crippen LogP contribution in [0, 0.1) is 5.82 Å². The molecule has 2 heterocycles. The van der Waals surface area contributed by atoms with Gasteiger partial charge in [0, 0.05) is 44.8 Å². The minimum absolute atomic E-state index is 0.0945. The van der Waals surface area contributed by atoms with E-state index in [0.717, 1.165) is 0 Å². The normalized spacial score (nSPS) is 18.2. The van der Waals surface area contributed by atoms with E-state index in [1.165, 1.54) is 10.4 Å². The summed E-state index contributed by atoms with van der Waals surface area (Å²) in [5.41, 5.74) is 1.72. The van der Waals surface area contributed by atoms with Gasteiger partial charge in [0.25, 0.3) is 5.91 Å². The van der Waals surface area contributed by atoms with Gasteiger partial charge in [-0.25, -0.2) is 12.8 Å². The van der Waals surface area contributed by atoms with Crippen LogP contribution in [0.5, 0.6) is 0 Å². The lowest BCUT2D eigenvalue weighted by atomic mass is 10.1. The fraction of sp³-hybridized carbons (Fsp3) is 0.409. The van der Waals surface area contributed by atoms with Crippen molar-refractivity contribution in [3.63, 3.8) is 0 Å². The van der Waals surface area contributed by atoms with Crippen LogP contribution in [0.25, 0.3) is 0 Å². The minimum Gasteiger partial charge on any atom is -0.379 e. The van der Waals surface area contributed by atoms with E-state index < -0.39 is 10.0 Å². The molecular weight excluding hydrogens is 421 g/mol. The highest BCUT2D eigenvalue weighted by molar-refractivity contribution is 7.88. The maximum absolute atomic E-state index is 14.0. The maximum atomic E-state index is 14.0. The van der Waals surface area contributed by atoms with Gasteiger partial charge in [-0.3, -0.25) is 4.79 Å². The molecule has 0 unspecified atom stereocenters. The molecule has 0 bridgehead atoms. The summed E-state index contributed by atoms with van der Waals surface area (Å²) in [7, 11) is -3.40. The van der Waals surface area contributed by atoms with Crippen molar-refractivity contribution < 1.29 is 22.3 Å². The molecule has 0 saturated carbocycles. The molecule has 2 saturated heterocycles. The van der Waals surface area contributed by atoms with E-state index in [9.17, 15) is 17.6 Å². The van der Waals surface area contributed by atoms with Gasteiger partial charge in [-0.05, 0) is 29.8 Å². The highest BCUT2D eigenvalue weighted by Gasteiger charge is 2.26.